The van der Waals surface area contributed by atoms with Crippen molar-refractivity contribution in [2.24, 2.45) is 5.92 Å². The highest BCUT2D eigenvalue weighted by Gasteiger charge is 2.24. The van der Waals surface area contributed by atoms with Gasteiger partial charge in [0.1, 0.15) is 0 Å². The SMILES string of the molecule is CNC1CCCN(C(=O)CCC2CCC2)C1. The van der Waals surface area contributed by atoms with E-state index >= 15 is 0 Å². The molecule has 1 atom stereocenters. The maximum Gasteiger partial charge on any atom is 0.222 e. The fourth-order valence-electron chi connectivity index (χ4n) is 2.71. The number of carbonyl (C=O) groups is 1. The Hall–Kier alpha value is -0.570. The largest absolute Gasteiger partial charge is 0.341 e. The third kappa shape index (κ3) is 2.97. The predicted molar refractivity (Wildman–Crippen MR) is 65.2 cm³/mol. The summed E-state index contributed by atoms with van der Waals surface area (Å²) in [5, 5.41) is 3.28. The number of piperidine rings is 1. The average Bonchev–Trinajstić information content (AvgIpc) is 2.27. The molecule has 2 fully saturated rings. The molecule has 1 N–H and O–H groups in total. The first-order valence-corrected chi connectivity index (χ1v) is 6.74. The van der Waals surface area contributed by atoms with Crippen molar-refractivity contribution in [2.75, 3.05) is 20.1 Å². The number of amides is 1. The molecule has 3 heteroatoms. The Morgan fingerprint density at radius 1 is 1.31 bits per heavy atom. The minimum absolute atomic E-state index is 0.381. The second kappa shape index (κ2) is 5.67. The number of hydrogen-bond acceptors (Lipinski definition) is 2. The Balaban J connectivity index is 1.70. The second-order valence-corrected chi connectivity index (χ2v) is 5.30. The Morgan fingerprint density at radius 2 is 2.12 bits per heavy atom. The van der Waals surface area contributed by atoms with Crippen LogP contribution in [-0.2, 0) is 4.79 Å². The van der Waals surface area contributed by atoms with E-state index in [1.165, 1.54) is 25.7 Å². The highest BCUT2D eigenvalue weighted by Crippen LogP contribution is 2.30. The van der Waals surface area contributed by atoms with Gasteiger partial charge in [-0.2, -0.15) is 0 Å². The number of likely N-dealkylation sites (tertiary alicyclic amines) is 1. The lowest BCUT2D eigenvalue weighted by Gasteiger charge is -2.33. The standard InChI is InChI=1S/C13H24N2O/c1-14-12-6-3-9-15(10-12)13(16)8-7-11-4-2-5-11/h11-12,14H,2-10H2,1H3. The second-order valence-electron chi connectivity index (χ2n) is 5.30. The molecule has 92 valence electrons. The topological polar surface area (TPSA) is 32.3 Å². The number of likely N-dealkylation sites (N-methyl/N-ethyl adjacent to an activating group) is 1. The van der Waals surface area contributed by atoms with Crippen molar-refractivity contribution in [3.63, 3.8) is 0 Å². The lowest BCUT2D eigenvalue weighted by Crippen LogP contribution is -2.47. The van der Waals surface area contributed by atoms with E-state index in [2.05, 4.69) is 10.2 Å². The van der Waals surface area contributed by atoms with Gasteiger partial charge in [-0.1, -0.05) is 19.3 Å². The minimum atomic E-state index is 0.381. The molecule has 1 unspecified atom stereocenters. The lowest BCUT2D eigenvalue weighted by molar-refractivity contribution is -0.133. The van der Waals surface area contributed by atoms with E-state index in [-0.39, 0.29) is 0 Å². The van der Waals surface area contributed by atoms with Crippen LogP contribution in [-0.4, -0.2) is 37.0 Å². The first-order chi connectivity index (χ1) is 7.79. The lowest BCUT2D eigenvalue weighted by atomic mass is 9.82. The van der Waals surface area contributed by atoms with Crippen LogP contribution in [0.15, 0.2) is 0 Å². The van der Waals surface area contributed by atoms with Crippen LogP contribution in [0.4, 0.5) is 0 Å². The van der Waals surface area contributed by atoms with Gasteiger partial charge in [-0.05, 0) is 32.2 Å². The Labute approximate surface area is 98.6 Å². The van der Waals surface area contributed by atoms with Crippen LogP contribution in [0.5, 0.6) is 0 Å². The molecule has 1 amide bonds. The molecule has 0 aromatic heterocycles. The molecule has 0 radical (unpaired) electrons. The molecule has 1 heterocycles. The van der Waals surface area contributed by atoms with Gasteiger partial charge in [0, 0.05) is 25.6 Å². The molecular weight excluding hydrogens is 200 g/mol. The summed E-state index contributed by atoms with van der Waals surface area (Å²) in [7, 11) is 1.99. The molecule has 0 spiro atoms. The van der Waals surface area contributed by atoms with Crippen molar-refractivity contribution in [2.45, 2.75) is 51.0 Å². The van der Waals surface area contributed by atoms with Gasteiger partial charge < -0.3 is 10.2 Å². The Morgan fingerprint density at radius 3 is 2.75 bits per heavy atom. The third-order valence-electron chi connectivity index (χ3n) is 4.17. The maximum absolute atomic E-state index is 12.0. The van der Waals surface area contributed by atoms with Gasteiger partial charge in [-0.3, -0.25) is 4.79 Å². The minimum Gasteiger partial charge on any atom is -0.341 e. The Bertz CT molecular complexity index is 238. The van der Waals surface area contributed by atoms with Crippen LogP contribution in [0.3, 0.4) is 0 Å². The molecule has 1 saturated heterocycles. The third-order valence-corrected chi connectivity index (χ3v) is 4.17. The summed E-state index contributed by atoms with van der Waals surface area (Å²) in [5.74, 6) is 1.24. The summed E-state index contributed by atoms with van der Waals surface area (Å²) < 4.78 is 0. The molecule has 2 rings (SSSR count). The Kier molecular flexibility index (Phi) is 4.22. The highest BCUT2D eigenvalue weighted by molar-refractivity contribution is 5.76. The molecule has 2 aliphatic rings. The number of nitrogens with zero attached hydrogens (tertiary/aromatic N) is 1. The van der Waals surface area contributed by atoms with E-state index < -0.39 is 0 Å². The van der Waals surface area contributed by atoms with E-state index in [0.717, 1.165) is 38.3 Å². The molecule has 0 bridgehead atoms. The molecule has 16 heavy (non-hydrogen) atoms. The number of nitrogens with one attached hydrogen (secondary N) is 1. The maximum atomic E-state index is 12.0. The van der Waals surface area contributed by atoms with Crippen LogP contribution < -0.4 is 5.32 Å². The smallest absolute Gasteiger partial charge is 0.222 e. The normalized spacial score (nSPS) is 26.6. The first-order valence-electron chi connectivity index (χ1n) is 6.74. The van der Waals surface area contributed by atoms with Crippen molar-refractivity contribution in [1.82, 2.24) is 10.2 Å². The molecule has 1 saturated carbocycles. The van der Waals surface area contributed by atoms with Crippen molar-refractivity contribution in [3.8, 4) is 0 Å². The molecule has 1 aliphatic carbocycles. The zero-order chi connectivity index (χ0) is 11.4. The van der Waals surface area contributed by atoms with E-state index in [1.807, 2.05) is 7.05 Å². The average molecular weight is 224 g/mol. The monoisotopic (exact) mass is 224 g/mol. The molecule has 1 aliphatic heterocycles. The van der Waals surface area contributed by atoms with Crippen LogP contribution in [0.2, 0.25) is 0 Å². The van der Waals surface area contributed by atoms with Crippen molar-refractivity contribution >= 4 is 5.91 Å². The van der Waals surface area contributed by atoms with Crippen molar-refractivity contribution in [3.05, 3.63) is 0 Å². The summed E-state index contributed by atoms with van der Waals surface area (Å²) >= 11 is 0. The number of carbonyl (C=O) groups excluding carboxylic acids is 1. The van der Waals surface area contributed by atoms with Gasteiger partial charge in [-0.25, -0.2) is 0 Å². The first kappa shape index (κ1) is 11.9. The molecule has 0 aromatic carbocycles. The van der Waals surface area contributed by atoms with Gasteiger partial charge in [0.15, 0.2) is 0 Å². The number of rotatable bonds is 4. The molecule has 0 aromatic rings. The van der Waals surface area contributed by atoms with Crippen LogP contribution in [0.25, 0.3) is 0 Å². The highest BCUT2D eigenvalue weighted by atomic mass is 16.2. The van der Waals surface area contributed by atoms with E-state index in [9.17, 15) is 4.79 Å². The predicted octanol–water partition coefficient (Wildman–Crippen LogP) is 1.78. The zero-order valence-electron chi connectivity index (χ0n) is 10.4. The van der Waals surface area contributed by atoms with Crippen molar-refractivity contribution < 1.29 is 4.79 Å². The van der Waals surface area contributed by atoms with Gasteiger partial charge in [0.25, 0.3) is 0 Å². The van der Waals surface area contributed by atoms with Gasteiger partial charge in [0.2, 0.25) is 5.91 Å². The van der Waals surface area contributed by atoms with Gasteiger partial charge in [-0.15, -0.1) is 0 Å². The van der Waals surface area contributed by atoms with Gasteiger partial charge in [0.05, 0.1) is 0 Å². The fourth-order valence-corrected chi connectivity index (χ4v) is 2.71. The van der Waals surface area contributed by atoms with E-state index in [0.29, 0.717) is 11.9 Å². The zero-order valence-corrected chi connectivity index (χ0v) is 10.4. The molecule has 3 nitrogen and oxygen atoms in total. The van der Waals surface area contributed by atoms with Crippen molar-refractivity contribution in [1.29, 1.82) is 0 Å². The fraction of sp³-hybridized carbons (Fsp3) is 0.923. The van der Waals surface area contributed by atoms with E-state index in [4.69, 9.17) is 0 Å². The van der Waals surface area contributed by atoms with E-state index in [1.54, 1.807) is 0 Å². The molecular formula is C13H24N2O. The summed E-state index contributed by atoms with van der Waals surface area (Å²) in [6, 6.07) is 0.515. The number of hydrogen-bond donors (Lipinski definition) is 1. The van der Waals surface area contributed by atoms with Crippen LogP contribution in [0.1, 0.15) is 44.9 Å². The van der Waals surface area contributed by atoms with Crippen LogP contribution >= 0.6 is 0 Å². The quantitative estimate of drug-likeness (QED) is 0.789. The van der Waals surface area contributed by atoms with Gasteiger partial charge >= 0.3 is 0 Å². The summed E-state index contributed by atoms with van der Waals surface area (Å²) in [5.41, 5.74) is 0. The summed E-state index contributed by atoms with van der Waals surface area (Å²) in [6.45, 7) is 1.89. The van der Waals surface area contributed by atoms with Crippen LogP contribution in [0, 0.1) is 5.92 Å². The summed E-state index contributed by atoms with van der Waals surface area (Å²) in [6.07, 6.45) is 8.35. The summed E-state index contributed by atoms with van der Waals surface area (Å²) in [4.78, 5) is 14.1.